The smallest absolute Gasteiger partial charge is 0.252 e. The molecule has 2 heterocycles. The molecule has 3 aromatic rings. The molecule has 2 fully saturated rings. The fraction of sp³-hybridized carbons (Fsp3) is 0.481. The molecular formula is C27H32N6O3S2. The third-order valence-electron chi connectivity index (χ3n) is 7.66. The lowest BCUT2D eigenvalue weighted by molar-refractivity contribution is -0.119. The predicted octanol–water partition coefficient (Wildman–Crippen LogP) is 4.51. The highest BCUT2D eigenvalue weighted by Crippen LogP contribution is 2.41. The van der Waals surface area contributed by atoms with E-state index in [9.17, 15) is 13.8 Å². The summed E-state index contributed by atoms with van der Waals surface area (Å²) >= 11 is 1.64. The van der Waals surface area contributed by atoms with E-state index in [0.717, 1.165) is 36.1 Å². The summed E-state index contributed by atoms with van der Waals surface area (Å²) in [5.74, 6) is 1.52. The molecule has 3 aliphatic carbocycles. The number of nitrogens with one attached hydrogen (secondary N) is 3. The Labute approximate surface area is 226 Å². The van der Waals surface area contributed by atoms with Gasteiger partial charge in [0.1, 0.15) is 12.1 Å². The molecule has 0 aliphatic heterocycles. The maximum absolute atomic E-state index is 13.4. The zero-order valence-electron chi connectivity index (χ0n) is 21.4. The van der Waals surface area contributed by atoms with Crippen LogP contribution < -0.4 is 10.6 Å². The van der Waals surface area contributed by atoms with Gasteiger partial charge in [-0.05, 0) is 74.6 Å². The van der Waals surface area contributed by atoms with E-state index in [4.69, 9.17) is 4.78 Å². The number of aromatic nitrogens is 3. The van der Waals surface area contributed by atoms with Gasteiger partial charge < -0.3 is 10.6 Å². The van der Waals surface area contributed by atoms with Crippen molar-refractivity contribution in [2.75, 3.05) is 18.1 Å². The van der Waals surface area contributed by atoms with Gasteiger partial charge in [0.2, 0.25) is 5.95 Å². The number of benzene rings is 1. The highest BCUT2D eigenvalue weighted by atomic mass is 32.2. The minimum Gasteiger partial charge on any atom is -0.352 e. The highest BCUT2D eigenvalue weighted by molar-refractivity contribution is 7.91. The molecule has 3 aliphatic rings. The summed E-state index contributed by atoms with van der Waals surface area (Å²) in [6, 6.07) is 7.05. The van der Waals surface area contributed by atoms with Crippen LogP contribution in [0, 0.1) is 16.6 Å². The first kappa shape index (κ1) is 25.2. The van der Waals surface area contributed by atoms with Crippen LogP contribution in [0.5, 0.6) is 0 Å². The molecule has 11 heteroatoms. The Balaban J connectivity index is 1.26. The number of Topliss-reactive ketones (excluding diaryl/α,β-unsaturated/α-hetero) is 1. The van der Waals surface area contributed by atoms with Gasteiger partial charge in [0.15, 0.2) is 0 Å². The third kappa shape index (κ3) is 5.40. The number of fused-ring (bicyclic) bond motifs is 1. The van der Waals surface area contributed by atoms with Crippen molar-refractivity contribution < 1.29 is 13.8 Å². The Bertz CT molecular complexity index is 1500. The summed E-state index contributed by atoms with van der Waals surface area (Å²) in [4.78, 5) is 28.7. The van der Waals surface area contributed by atoms with Crippen LogP contribution in [-0.2, 0) is 33.8 Å². The van der Waals surface area contributed by atoms with Gasteiger partial charge in [-0.1, -0.05) is 6.07 Å². The molecule has 1 aromatic carbocycles. The van der Waals surface area contributed by atoms with Gasteiger partial charge in [-0.3, -0.25) is 14.2 Å². The molecule has 2 aromatic heterocycles. The summed E-state index contributed by atoms with van der Waals surface area (Å²) in [5.41, 5.74) is 2.46. The van der Waals surface area contributed by atoms with Crippen molar-refractivity contribution in [2.45, 2.75) is 62.3 Å². The molecule has 6 rings (SSSR count). The Morgan fingerprint density at radius 2 is 2.03 bits per heavy atom. The molecule has 0 bridgehead atoms. The first-order valence-corrected chi connectivity index (χ1v) is 16.0. The maximum atomic E-state index is 13.4. The van der Waals surface area contributed by atoms with Gasteiger partial charge in [0.05, 0.1) is 15.3 Å². The molecule has 2 saturated carbocycles. The minimum atomic E-state index is -2.84. The zero-order chi connectivity index (χ0) is 26.4. The number of carbonyl (C=O) groups is 2. The van der Waals surface area contributed by atoms with E-state index in [1.807, 2.05) is 10.6 Å². The van der Waals surface area contributed by atoms with E-state index in [2.05, 4.69) is 20.8 Å². The molecule has 3 N–H and O–H groups in total. The number of aryl methyl sites for hydroxylation is 1. The Kier molecular flexibility index (Phi) is 6.59. The van der Waals surface area contributed by atoms with Crippen LogP contribution in [0.2, 0.25) is 0 Å². The quantitative estimate of drug-likeness (QED) is 0.339. The number of hydrogen-bond acceptors (Lipinski definition) is 8. The second kappa shape index (κ2) is 9.92. The molecule has 0 saturated heterocycles. The molecular weight excluding hydrogens is 520 g/mol. The lowest BCUT2D eigenvalue weighted by atomic mass is 9.90. The largest absolute Gasteiger partial charge is 0.352 e. The van der Waals surface area contributed by atoms with Crippen molar-refractivity contribution in [3.8, 4) is 0 Å². The van der Waals surface area contributed by atoms with Gasteiger partial charge in [-0.2, -0.15) is 0 Å². The van der Waals surface area contributed by atoms with Crippen LogP contribution in [0.3, 0.4) is 0 Å². The van der Waals surface area contributed by atoms with Crippen LogP contribution in [0.15, 0.2) is 35.5 Å². The number of carbonyl (C=O) groups excluding carboxylic acids is 2. The number of rotatable bonds is 10. The lowest BCUT2D eigenvalue weighted by Crippen LogP contribution is -2.28. The van der Waals surface area contributed by atoms with Gasteiger partial charge in [-0.25, -0.2) is 8.99 Å². The molecule has 1 amide bonds. The number of amides is 1. The van der Waals surface area contributed by atoms with Crippen LogP contribution >= 0.6 is 11.3 Å². The highest BCUT2D eigenvalue weighted by Gasteiger charge is 2.35. The molecule has 1 unspecified atom stereocenters. The fourth-order valence-corrected chi connectivity index (χ4v) is 7.20. The summed E-state index contributed by atoms with van der Waals surface area (Å²) in [6.07, 6.45) is 10.1. The van der Waals surface area contributed by atoms with Crippen molar-refractivity contribution in [1.82, 2.24) is 20.1 Å². The van der Waals surface area contributed by atoms with E-state index in [-0.39, 0.29) is 23.7 Å². The van der Waals surface area contributed by atoms with Crippen LogP contribution in [0.25, 0.3) is 0 Å². The Morgan fingerprint density at radius 3 is 2.76 bits per heavy atom. The van der Waals surface area contributed by atoms with E-state index >= 15 is 0 Å². The number of ketones is 1. The minimum absolute atomic E-state index is 0.0475. The van der Waals surface area contributed by atoms with Gasteiger partial charge in [-0.15, -0.1) is 21.5 Å². The maximum Gasteiger partial charge on any atom is 0.252 e. The standard InChI is InChI=1S/C27H32N6O3S2/c1-38(28,36)20-4-2-3-18(11-20)31-27-32-30-15-33(27)19-9-10-23-21(12-19)25(26(35)29-14-16-5-6-16)24(37-23)13-22(34)17-7-8-17/h2-4,11,15-17,19,28H,5-10,12-14H2,1H3,(H,29,35)(H,31,32)/t19-,38?/m0/s1. The monoisotopic (exact) mass is 552 g/mol. The predicted molar refractivity (Wildman–Crippen MR) is 147 cm³/mol. The Hall–Kier alpha value is -3.05. The van der Waals surface area contributed by atoms with Crippen molar-refractivity contribution >= 4 is 44.4 Å². The SMILES string of the molecule is CS(=N)(=O)c1cccc(Nc2nncn2[C@H]2CCc3sc(CC(=O)C4CC4)c(C(=O)NCC4CC4)c3C2)c1. The summed E-state index contributed by atoms with van der Waals surface area (Å²) in [7, 11) is -2.84. The molecule has 2 atom stereocenters. The number of thiophene rings is 1. The molecule has 200 valence electrons. The van der Waals surface area contributed by atoms with Crippen molar-refractivity contribution in [1.29, 1.82) is 4.78 Å². The van der Waals surface area contributed by atoms with Crippen molar-refractivity contribution in [3.63, 3.8) is 0 Å². The summed E-state index contributed by atoms with van der Waals surface area (Å²) in [5, 5.41) is 14.8. The van der Waals surface area contributed by atoms with Crippen LogP contribution in [0.4, 0.5) is 11.6 Å². The third-order valence-corrected chi connectivity index (χ3v) is 10.1. The van der Waals surface area contributed by atoms with Gasteiger partial charge in [0, 0.05) is 51.5 Å². The van der Waals surface area contributed by atoms with Crippen LogP contribution in [0.1, 0.15) is 63.8 Å². The first-order valence-electron chi connectivity index (χ1n) is 13.2. The normalized spacial score (nSPS) is 20.4. The topological polar surface area (TPSA) is 130 Å². The van der Waals surface area contributed by atoms with Crippen LogP contribution in [-0.4, -0.2) is 43.5 Å². The second-order valence-corrected chi connectivity index (χ2v) is 14.2. The number of anilines is 2. The number of hydrogen-bond donors (Lipinski definition) is 3. The van der Waals surface area contributed by atoms with Crippen molar-refractivity contribution in [3.05, 3.63) is 51.5 Å². The van der Waals surface area contributed by atoms with Gasteiger partial charge >= 0.3 is 0 Å². The summed E-state index contributed by atoms with van der Waals surface area (Å²) in [6.45, 7) is 0.698. The average molecular weight is 553 g/mol. The van der Waals surface area contributed by atoms with E-state index in [0.29, 0.717) is 47.4 Å². The molecule has 0 radical (unpaired) electrons. The summed E-state index contributed by atoms with van der Waals surface area (Å²) < 4.78 is 22.1. The Morgan fingerprint density at radius 1 is 1.21 bits per heavy atom. The average Bonchev–Trinajstić information content (AvgIpc) is 3.81. The van der Waals surface area contributed by atoms with E-state index in [1.54, 1.807) is 35.9 Å². The van der Waals surface area contributed by atoms with Crippen molar-refractivity contribution in [2.24, 2.45) is 11.8 Å². The fourth-order valence-electron chi connectivity index (χ4n) is 5.15. The number of nitrogens with zero attached hydrogens (tertiary/aromatic N) is 3. The molecule has 9 nitrogen and oxygen atoms in total. The molecule has 0 spiro atoms. The molecule has 38 heavy (non-hydrogen) atoms. The lowest BCUT2D eigenvalue weighted by Gasteiger charge is -2.25. The van der Waals surface area contributed by atoms with E-state index in [1.165, 1.54) is 24.0 Å². The van der Waals surface area contributed by atoms with Gasteiger partial charge in [0.25, 0.3) is 5.91 Å². The zero-order valence-corrected chi connectivity index (χ0v) is 23.0. The first-order chi connectivity index (χ1) is 18.3. The van der Waals surface area contributed by atoms with E-state index < -0.39 is 9.73 Å². The second-order valence-electron chi connectivity index (χ2n) is 10.8.